The Kier molecular flexibility index (Phi) is 13.7. The fourth-order valence-electron chi connectivity index (χ4n) is 5.08. The van der Waals surface area contributed by atoms with Gasteiger partial charge in [0.2, 0.25) is 0 Å². The second kappa shape index (κ2) is 13.4. The molecular formula is C29H44N2Ti. The number of benzene rings is 2. The first kappa shape index (κ1) is 32.8. The molecule has 0 spiro atoms. The number of aryl methyl sites for hydroxylation is 2. The van der Waals surface area contributed by atoms with Crippen LogP contribution < -0.4 is 4.90 Å². The molecule has 1 saturated carbocycles. The quantitative estimate of drug-likeness (QED) is 0.306. The molecule has 1 heterocycles. The van der Waals surface area contributed by atoms with Gasteiger partial charge < -0.3 is 32.6 Å². The molecule has 3 heteroatoms. The standard InChI is InChI=1S/C16H15N2.C10H20.3CH3.Ti/c1-11-6-5-7-12(2)15(11)18-10-13-8-3-4-9-14(13)16(18)17;1-6-7(2)9(4)10(5)8(6)3;;;;/h3-9H,10H2,1-2H3;6-10H,1-5H3;3*1H3;/q-1;;3*-1;+4. The molecule has 0 saturated heterocycles. The van der Waals surface area contributed by atoms with E-state index in [-0.39, 0.29) is 44.0 Å². The molecule has 0 radical (unpaired) electrons. The summed E-state index contributed by atoms with van der Waals surface area (Å²) in [5.41, 5.74) is 5.62. The monoisotopic (exact) mass is 468 g/mol. The minimum absolute atomic E-state index is 0. The van der Waals surface area contributed by atoms with Gasteiger partial charge in [-0.25, -0.2) is 0 Å². The summed E-state index contributed by atoms with van der Waals surface area (Å²) < 4.78 is 0. The van der Waals surface area contributed by atoms with E-state index in [1.807, 2.05) is 23.1 Å². The Morgan fingerprint density at radius 1 is 0.688 bits per heavy atom. The van der Waals surface area contributed by atoms with Gasteiger partial charge in [-0.15, -0.1) is 0 Å². The molecular weight excluding hydrogens is 424 g/mol. The molecule has 0 bridgehead atoms. The predicted octanol–water partition coefficient (Wildman–Crippen LogP) is 8.17. The molecule has 1 aliphatic heterocycles. The van der Waals surface area contributed by atoms with Crippen molar-refractivity contribution in [1.82, 2.24) is 0 Å². The molecule has 32 heavy (non-hydrogen) atoms. The molecule has 0 N–H and O–H groups in total. The molecule has 0 aromatic heterocycles. The van der Waals surface area contributed by atoms with E-state index in [2.05, 4.69) is 72.7 Å². The van der Waals surface area contributed by atoms with Crippen molar-refractivity contribution in [3.8, 4) is 0 Å². The Morgan fingerprint density at radius 2 is 1.09 bits per heavy atom. The van der Waals surface area contributed by atoms with Gasteiger partial charge in [0, 0.05) is 0 Å². The fraction of sp³-hybridized carbons (Fsp3) is 0.448. The number of amidine groups is 1. The van der Waals surface area contributed by atoms with Gasteiger partial charge in [0.05, 0.1) is 0 Å². The first-order valence-electron chi connectivity index (χ1n) is 10.7. The van der Waals surface area contributed by atoms with Gasteiger partial charge in [-0.2, -0.15) is 0 Å². The normalized spacial score (nSPS) is 25.2. The zero-order valence-electron chi connectivity index (χ0n) is 22.0. The smallest absolute Gasteiger partial charge is 0.464 e. The predicted molar refractivity (Wildman–Crippen MR) is 141 cm³/mol. The summed E-state index contributed by atoms with van der Waals surface area (Å²) in [5, 5.41) is 10.4. The van der Waals surface area contributed by atoms with E-state index in [1.165, 1.54) is 16.7 Å². The molecule has 174 valence electrons. The largest absolute Gasteiger partial charge is 4.00 e. The van der Waals surface area contributed by atoms with Gasteiger partial charge in [-0.3, -0.25) is 0 Å². The van der Waals surface area contributed by atoms with Gasteiger partial charge in [0.15, 0.2) is 0 Å². The van der Waals surface area contributed by atoms with E-state index in [0.717, 1.165) is 47.4 Å². The Morgan fingerprint density at radius 3 is 1.50 bits per heavy atom. The molecule has 2 aromatic rings. The molecule has 0 atom stereocenters. The molecule has 2 aromatic carbocycles. The first-order valence-corrected chi connectivity index (χ1v) is 10.7. The van der Waals surface area contributed by atoms with Gasteiger partial charge >= 0.3 is 21.7 Å². The fourth-order valence-corrected chi connectivity index (χ4v) is 5.08. The van der Waals surface area contributed by atoms with Crippen LogP contribution in [0.15, 0.2) is 42.5 Å². The molecule has 1 aliphatic carbocycles. The second-order valence-corrected chi connectivity index (χ2v) is 9.10. The van der Waals surface area contributed by atoms with Crippen LogP contribution in [0.5, 0.6) is 0 Å². The Hall–Kier alpha value is -1.38. The maximum Gasteiger partial charge on any atom is 4.00 e. The van der Waals surface area contributed by atoms with Crippen LogP contribution in [-0.4, -0.2) is 5.84 Å². The number of nitrogens with zero attached hydrogens (tertiary/aromatic N) is 2. The van der Waals surface area contributed by atoms with Crippen LogP contribution in [0.3, 0.4) is 0 Å². The summed E-state index contributed by atoms with van der Waals surface area (Å²) in [6.45, 7) is 16.9. The summed E-state index contributed by atoms with van der Waals surface area (Å²) in [4.78, 5) is 2.00. The number of hydrogen-bond donors (Lipinski definition) is 0. The van der Waals surface area contributed by atoms with E-state index in [9.17, 15) is 5.41 Å². The SMILES string of the molecule is CC1C(C)C(C)C(C)C1C.Cc1cccc(C)c1N1Cc2ccccc2C1=[N-].[CH3-].[CH3-].[CH3-].[Ti+4]. The van der Waals surface area contributed by atoms with Crippen molar-refractivity contribution >= 4 is 11.5 Å². The zero-order valence-corrected chi connectivity index (χ0v) is 23.6. The van der Waals surface area contributed by atoms with E-state index < -0.39 is 0 Å². The van der Waals surface area contributed by atoms with Gasteiger partial charge in [-0.05, 0) is 77.9 Å². The maximum atomic E-state index is 10.4. The molecule has 2 nitrogen and oxygen atoms in total. The van der Waals surface area contributed by atoms with Crippen LogP contribution in [0.25, 0.3) is 5.41 Å². The van der Waals surface area contributed by atoms with Crippen molar-refractivity contribution in [2.75, 3.05) is 4.90 Å². The molecule has 2 aliphatic rings. The van der Waals surface area contributed by atoms with E-state index in [4.69, 9.17) is 0 Å². The molecule has 4 rings (SSSR count). The summed E-state index contributed by atoms with van der Waals surface area (Å²) in [6, 6.07) is 14.2. The van der Waals surface area contributed by atoms with Gasteiger partial charge in [-0.1, -0.05) is 82.9 Å². The van der Waals surface area contributed by atoms with Crippen LogP contribution >= 0.6 is 0 Å². The topological polar surface area (TPSA) is 25.5 Å². The minimum atomic E-state index is 0. The van der Waals surface area contributed by atoms with Crippen LogP contribution in [0.1, 0.15) is 56.9 Å². The molecule has 0 amide bonds. The van der Waals surface area contributed by atoms with Gasteiger partial charge in [0.25, 0.3) is 0 Å². The average molecular weight is 469 g/mol. The van der Waals surface area contributed by atoms with Crippen molar-refractivity contribution in [1.29, 1.82) is 0 Å². The van der Waals surface area contributed by atoms with E-state index in [1.54, 1.807) is 0 Å². The average Bonchev–Trinajstić information content (AvgIpc) is 3.09. The van der Waals surface area contributed by atoms with E-state index >= 15 is 0 Å². The molecule has 1 fully saturated rings. The Labute approximate surface area is 214 Å². The zero-order chi connectivity index (χ0) is 20.6. The third-order valence-corrected chi connectivity index (χ3v) is 7.70. The number of hydrogen-bond acceptors (Lipinski definition) is 0. The van der Waals surface area contributed by atoms with Crippen molar-refractivity contribution in [2.45, 2.75) is 55.0 Å². The van der Waals surface area contributed by atoms with Crippen LogP contribution in [0, 0.1) is 65.7 Å². The summed E-state index contributed by atoms with van der Waals surface area (Å²) in [5.74, 6) is 5.04. The van der Waals surface area contributed by atoms with Crippen molar-refractivity contribution < 1.29 is 21.7 Å². The Balaban J connectivity index is 0. The second-order valence-electron chi connectivity index (χ2n) is 9.10. The van der Waals surface area contributed by atoms with Crippen LogP contribution in [-0.2, 0) is 28.3 Å². The molecule has 0 unspecified atom stereocenters. The van der Waals surface area contributed by atoms with Crippen molar-refractivity contribution in [3.63, 3.8) is 0 Å². The van der Waals surface area contributed by atoms with Crippen molar-refractivity contribution in [3.05, 3.63) is 92.4 Å². The number of fused-ring (bicyclic) bond motifs is 1. The summed E-state index contributed by atoms with van der Waals surface area (Å²) in [6.07, 6.45) is 0. The first-order chi connectivity index (χ1) is 13.2. The minimum Gasteiger partial charge on any atom is -0.464 e. The van der Waals surface area contributed by atoms with E-state index in [0.29, 0.717) is 5.84 Å². The Bertz CT molecular complexity index is 795. The number of para-hydroxylation sites is 1. The third-order valence-electron chi connectivity index (χ3n) is 7.70. The summed E-state index contributed by atoms with van der Waals surface area (Å²) >= 11 is 0. The van der Waals surface area contributed by atoms with Crippen LogP contribution in [0.2, 0.25) is 0 Å². The van der Waals surface area contributed by atoms with Gasteiger partial charge in [0.1, 0.15) is 0 Å². The van der Waals surface area contributed by atoms with Crippen molar-refractivity contribution in [2.24, 2.45) is 29.6 Å². The number of rotatable bonds is 1. The summed E-state index contributed by atoms with van der Waals surface area (Å²) in [7, 11) is 0. The third kappa shape index (κ3) is 6.14. The van der Waals surface area contributed by atoms with Crippen LogP contribution in [0.4, 0.5) is 5.69 Å². The maximum absolute atomic E-state index is 10.4. The number of anilines is 1.